The van der Waals surface area contributed by atoms with Crippen molar-refractivity contribution in [1.82, 2.24) is 15.0 Å². The number of esters is 1. The lowest BCUT2D eigenvalue weighted by atomic mass is 9.84. The van der Waals surface area contributed by atoms with Gasteiger partial charge in [0.05, 0.1) is 38.6 Å². The molecule has 0 saturated heterocycles. The summed E-state index contributed by atoms with van der Waals surface area (Å²) in [5.41, 5.74) is 0.479. The fourth-order valence-corrected chi connectivity index (χ4v) is 3.74. The van der Waals surface area contributed by atoms with E-state index in [1.54, 1.807) is 19.2 Å². The molecule has 12 heteroatoms. The highest BCUT2D eigenvalue weighted by Crippen LogP contribution is 2.37. The lowest BCUT2D eigenvalue weighted by Gasteiger charge is -2.23. The van der Waals surface area contributed by atoms with Crippen LogP contribution in [0.1, 0.15) is 43.9 Å². The summed E-state index contributed by atoms with van der Waals surface area (Å²) in [4.78, 5) is 13.4. The minimum atomic E-state index is -4.52. The fraction of sp³-hybridized carbons (Fsp3) is 0.519. The van der Waals surface area contributed by atoms with Gasteiger partial charge in [0, 0.05) is 19.1 Å². The molecular weight excluding hydrogens is 519 g/mol. The lowest BCUT2D eigenvalue weighted by Crippen LogP contribution is -2.15. The van der Waals surface area contributed by atoms with Crippen molar-refractivity contribution in [2.45, 2.75) is 45.2 Å². The SMILES string of the molecule is COCCOCCOCCOC(=O)CCc1cc(-n2nc3ccc(C(F)(F)F)cc3n2)c(O)c(C(C)(C)C)c1. The molecule has 0 aliphatic heterocycles. The van der Waals surface area contributed by atoms with Crippen molar-refractivity contribution in [3.05, 3.63) is 47.0 Å². The number of carbonyl (C=O) groups excluding carboxylic acids is 1. The van der Waals surface area contributed by atoms with Crippen molar-refractivity contribution in [3.63, 3.8) is 0 Å². The summed E-state index contributed by atoms with van der Waals surface area (Å²) in [6.07, 6.45) is -4.13. The summed E-state index contributed by atoms with van der Waals surface area (Å²) in [6.45, 7) is 7.87. The van der Waals surface area contributed by atoms with Crippen LogP contribution in [0.15, 0.2) is 30.3 Å². The van der Waals surface area contributed by atoms with Crippen molar-refractivity contribution < 1.29 is 42.0 Å². The quantitative estimate of drug-likeness (QED) is 0.242. The predicted molar refractivity (Wildman–Crippen MR) is 137 cm³/mol. The van der Waals surface area contributed by atoms with Crippen molar-refractivity contribution in [1.29, 1.82) is 0 Å². The second-order valence-corrected chi connectivity index (χ2v) is 9.89. The van der Waals surface area contributed by atoms with E-state index in [0.29, 0.717) is 44.0 Å². The minimum absolute atomic E-state index is 0.0410. The number of aromatic hydroxyl groups is 1. The maximum Gasteiger partial charge on any atom is 0.416 e. The van der Waals surface area contributed by atoms with Gasteiger partial charge < -0.3 is 24.1 Å². The van der Waals surface area contributed by atoms with Crippen LogP contribution >= 0.6 is 0 Å². The van der Waals surface area contributed by atoms with Gasteiger partial charge >= 0.3 is 12.1 Å². The van der Waals surface area contributed by atoms with Crippen molar-refractivity contribution in [3.8, 4) is 11.4 Å². The van der Waals surface area contributed by atoms with E-state index in [2.05, 4.69) is 10.2 Å². The summed E-state index contributed by atoms with van der Waals surface area (Å²) < 4.78 is 60.1. The number of benzene rings is 2. The number of ether oxygens (including phenoxy) is 4. The van der Waals surface area contributed by atoms with Crippen LogP contribution in [0.5, 0.6) is 5.75 Å². The average molecular weight is 554 g/mol. The van der Waals surface area contributed by atoms with Gasteiger partial charge in [0.2, 0.25) is 0 Å². The number of halogens is 3. The number of phenolic OH excluding ortho intramolecular Hbond substituents is 1. The van der Waals surface area contributed by atoms with E-state index in [9.17, 15) is 23.1 Å². The van der Waals surface area contributed by atoms with E-state index in [-0.39, 0.29) is 42.1 Å². The highest BCUT2D eigenvalue weighted by Gasteiger charge is 2.31. The molecule has 0 amide bonds. The molecule has 9 nitrogen and oxygen atoms in total. The van der Waals surface area contributed by atoms with Crippen LogP contribution in [-0.4, -0.2) is 72.8 Å². The largest absolute Gasteiger partial charge is 0.505 e. The Morgan fingerprint density at radius 2 is 1.56 bits per heavy atom. The second-order valence-electron chi connectivity index (χ2n) is 9.89. The highest BCUT2D eigenvalue weighted by molar-refractivity contribution is 5.75. The van der Waals surface area contributed by atoms with E-state index < -0.39 is 23.1 Å². The van der Waals surface area contributed by atoms with Gasteiger partial charge in [-0.1, -0.05) is 26.8 Å². The third kappa shape index (κ3) is 8.64. The van der Waals surface area contributed by atoms with Crippen LogP contribution in [0.4, 0.5) is 13.2 Å². The van der Waals surface area contributed by atoms with Crippen LogP contribution < -0.4 is 0 Å². The Labute approximate surface area is 224 Å². The van der Waals surface area contributed by atoms with Crippen molar-refractivity contribution in [2.24, 2.45) is 0 Å². The fourth-order valence-electron chi connectivity index (χ4n) is 3.74. The Morgan fingerprint density at radius 3 is 2.21 bits per heavy atom. The van der Waals surface area contributed by atoms with E-state index in [4.69, 9.17) is 18.9 Å². The molecule has 2 aromatic carbocycles. The van der Waals surface area contributed by atoms with Crippen molar-refractivity contribution >= 4 is 17.0 Å². The van der Waals surface area contributed by atoms with E-state index in [1.807, 2.05) is 20.8 Å². The molecule has 0 unspecified atom stereocenters. The number of aryl methyl sites for hydroxylation is 1. The molecule has 0 radical (unpaired) electrons. The molecule has 1 heterocycles. The van der Waals surface area contributed by atoms with Gasteiger partial charge in [-0.25, -0.2) is 0 Å². The Hall–Kier alpha value is -3.22. The first kappa shape index (κ1) is 30.3. The molecule has 0 saturated carbocycles. The smallest absolute Gasteiger partial charge is 0.416 e. The van der Waals surface area contributed by atoms with Crippen molar-refractivity contribution in [2.75, 3.05) is 46.8 Å². The van der Waals surface area contributed by atoms with Gasteiger partial charge in [-0.2, -0.15) is 13.2 Å². The summed E-state index contributed by atoms with van der Waals surface area (Å²) in [6, 6.07) is 6.50. The number of phenols is 1. The van der Waals surface area contributed by atoms with Gasteiger partial charge in [-0.05, 0) is 41.7 Å². The molecule has 0 fully saturated rings. The number of rotatable bonds is 13. The standard InChI is InChI=1S/C27H34F3N3O6/c1-26(2,3)20-15-18(5-8-24(34)39-14-13-38-12-11-37-10-9-36-4)16-23(25(20)35)33-31-21-7-6-19(27(28,29)30)17-22(21)32-33/h6-7,15-17,35H,5,8-14H2,1-4H3. The predicted octanol–water partition coefficient (Wildman–Crippen LogP) is 4.60. The van der Waals surface area contributed by atoms with Crippen LogP contribution in [0, 0.1) is 0 Å². The van der Waals surface area contributed by atoms with Crippen LogP contribution in [0.2, 0.25) is 0 Å². The maximum absolute atomic E-state index is 13.1. The lowest BCUT2D eigenvalue weighted by molar-refractivity contribution is -0.145. The Kier molecular flexibility index (Phi) is 10.3. The molecule has 0 aliphatic rings. The first-order valence-corrected chi connectivity index (χ1v) is 12.5. The monoisotopic (exact) mass is 553 g/mol. The average Bonchev–Trinajstić information content (AvgIpc) is 3.29. The summed E-state index contributed by atoms with van der Waals surface area (Å²) >= 11 is 0. The molecule has 3 rings (SSSR count). The normalized spacial score (nSPS) is 12.3. The number of nitrogens with zero attached hydrogens (tertiary/aromatic N) is 3. The number of hydrogen-bond acceptors (Lipinski definition) is 8. The molecule has 214 valence electrons. The Morgan fingerprint density at radius 1 is 0.923 bits per heavy atom. The number of fused-ring (bicyclic) bond motifs is 1. The summed E-state index contributed by atoms with van der Waals surface area (Å²) in [7, 11) is 1.59. The summed E-state index contributed by atoms with van der Waals surface area (Å²) in [5, 5.41) is 19.5. The zero-order valence-electron chi connectivity index (χ0n) is 22.5. The number of methoxy groups -OCH3 is 1. The number of aromatic nitrogens is 3. The molecule has 39 heavy (non-hydrogen) atoms. The Bertz CT molecular complexity index is 1250. The highest BCUT2D eigenvalue weighted by atomic mass is 19.4. The third-order valence-electron chi connectivity index (χ3n) is 5.79. The molecule has 3 aromatic rings. The second kappa shape index (κ2) is 13.2. The third-order valence-corrected chi connectivity index (χ3v) is 5.79. The molecule has 1 N–H and O–H groups in total. The van der Waals surface area contributed by atoms with E-state index in [0.717, 1.165) is 16.9 Å². The van der Waals surface area contributed by atoms with Crippen LogP contribution in [0.25, 0.3) is 16.7 Å². The first-order chi connectivity index (χ1) is 18.4. The molecule has 0 atom stereocenters. The number of carbonyl (C=O) groups is 1. The van der Waals surface area contributed by atoms with Gasteiger partial charge in [-0.3, -0.25) is 4.79 Å². The molecule has 0 bridgehead atoms. The van der Waals surface area contributed by atoms with E-state index >= 15 is 0 Å². The number of alkyl halides is 3. The van der Waals surface area contributed by atoms with Gasteiger partial charge in [0.25, 0.3) is 0 Å². The molecular formula is C27H34F3N3O6. The van der Waals surface area contributed by atoms with E-state index in [1.165, 1.54) is 6.07 Å². The molecule has 1 aromatic heterocycles. The van der Waals surface area contributed by atoms with Gasteiger partial charge in [0.15, 0.2) is 0 Å². The minimum Gasteiger partial charge on any atom is -0.505 e. The maximum atomic E-state index is 13.1. The summed E-state index contributed by atoms with van der Waals surface area (Å²) in [5.74, 6) is -0.502. The zero-order valence-corrected chi connectivity index (χ0v) is 22.5. The van der Waals surface area contributed by atoms with Crippen LogP contribution in [-0.2, 0) is 41.8 Å². The topological polar surface area (TPSA) is 105 Å². The van der Waals surface area contributed by atoms with Crippen LogP contribution in [0.3, 0.4) is 0 Å². The Balaban J connectivity index is 1.68. The first-order valence-electron chi connectivity index (χ1n) is 12.5. The molecule has 0 spiro atoms. The molecule has 0 aliphatic carbocycles. The van der Waals surface area contributed by atoms with Gasteiger partial charge in [0.1, 0.15) is 29.1 Å². The zero-order chi connectivity index (χ0) is 28.6. The van der Waals surface area contributed by atoms with Gasteiger partial charge in [-0.15, -0.1) is 15.0 Å². The number of hydrogen-bond donors (Lipinski definition) is 1.